The quantitative estimate of drug-likeness (QED) is 0.0261. The van der Waals surface area contributed by atoms with Crippen LogP contribution in [0.15, 0.2) is 60.8 Å². The van der Waals surface area contributed by atoms with E-state index in [1.54, 1.807) is 0 Å². The van der Waals surface area contributed by atoms with Gasteiger partial charge in [-0.05, 0) is 89.9 Å². The van der Waals surface area contributed by atoms with Crippen molar-refractivity contribution in [1.82, 2.24) is 0 Å². The van der Waals surface area contributed by atoms with Crippen LogP contribution < -0.4 is 0 Å². The zero-order valence-corrected chi connectivity index (χ0v) is 52.2. The van der Waals surface area contributed by atoms with Gasteiger partial charge in [0, 0.05) is 19.3 Å². The highest BCUT2D eigenvalue weighted by molar-refractivity contribution is 5.71. The van der Waals surface area contributed by atoms with Crippen molar-refractivity contribution in [3.8, 4) is 0 Å². The second kappa shape index (κ2) is 66.6. The van der Waals surface area contributed by atoms with Crippen molar-refractivity contribution >= 4 is 17.9 Å². The summed E-state index contributed by atoms with van der Waals surface area (Å²) < 4.78 is 17.0. The Hall–Kier alpha value is -2.89. The van der Waals surface area contributed by atoms with Crippen LogP contribution in [0.3, 0.4) is 0 Å². The maximum absolute atomic E-state index is 12.9. The molecule has 0 N–H and O–H groups in total. The lowest BCUT2D eigenvalue weighted by molar-refractivity contribution is -0.167. The summed E-state index contributed by atoms with van der Waals surface area (Å²) in [5.74, 6) is -0.860. The van der Waals surface area contributed by atoms with E-state index in [0.717, 1.165) is 83.5 Å². The van der Waals surface area contributed by atoms with Crippen LogP contribution in [0.1, 0.15) is 361 Å². The average molecular weight is 1090 g/mol. The molecule has 0 amide bonds. The summed E-state index contributed by atoms with van der Waals surface area (Å²) in [6, 6.07) is 0. The van der Waals surface area contributed by atoms with Crippen molar-refractivity contribution in [1.29, 1.82) is 0 Å². The van der Waals surface area contributed by atoms with Crippen LogP contribution in [-0.4, -0.2) is 37.2 Å². The molecule has 0 heterocycles. The van der Waals surface area contributed by atoms with E-state index in [4.69, 9.17) is 14.2 Å². The number of hydrogen-bond acceptors (Lipinski definition) is 6. The van der Waals surface area contributed by atoms with Gasteiger partial charge < -0.3 is 14.2 Å². The monoisotopic (exact) mass is 1090 g/mol. The van der Waals surface area contributed by atoms with E-state index in [0.29, 0.717) is 19.3 Å². The zero-order chi connectivity index (χ0) is 56.4. The van der Waals surface area contributed by atoms with Crippen LogP contribution in [0, 0.1) is 0 Å². The Bertz CT molecular complexity index is 1390. The third-order valence-corrected chi connectivity index (χ3v) is 15.2. The summed E-state index contributed by atoms with van der Waals surface area (Å²) in [4.78, 5) is 38.4. The lowest BCUT2D eigenvalue weighted by Gasteiger charge is -2.18. The van der Waals surface area contributed by atoms with E-state index < -0.39 is 6.10 Å². The Morgan fingerprint density at radius 3 is 0.744 bits per heavy atom. The minimum Gasteiger partial charge on any atom is -0.462 e. The number of esters is 3. The van der Waals surface area contributed by atoms with Gasteiger partial charge in [-0.2, -0.15) is 0 Å². The predicted octanol–water partition coefficient (Wildman–Crippen LogP) is 23.5. The molecule has 1 unspecified atom stereocenters. The molecule has 0 saturated heterocycles. The van der Waals surface area contributed by atoms with Gasteiger partial charge in [0.15, 0.2) is 6.10 Å². The molecule has 6 heteroatoms. The lowest BCUT2D eigenvalue weighted by Crippen LogP contribution is -2.30. The highest BCUT2D eigenvalue weighted by atomic mass is 16.6. The van der Waals surface area contributed by atoms with Crippen molar-refractivity contribution in [3.05, 3.63) is 60.8 Å². The topological polar surface area (TPSA) is 78.9 Å². The number of unbranched alkanes of at least 4 members (excludes halogenated alkanes) is 42. The predicted molar refractivity (Wildman–Crippen MR) is 339 cm³/mol. The fourth-order valence-electron chi connectivity index (χ4n) is 10.1. The normalized spacial score (nSPS) is 12.4. The van der Waals surface area contributed by atoms with Crippen LogP contribution in [0.5, 0.6) is 0 Å². The Labute approximate surface area is 485 Å². The molecule has 0 bridgehead atoms. The van der Waals surface area contributed by atoms with Gasteiger partial charge >= 0.3 is 17.9 Å². The van der Waals surface area contributed by atoms with Crippen molar-refractivity contribution in [2.24, 2.45) is 0 Å². The third-order valence-electron chi connectivity index (χ3n) is 15.2. The number of allylic oxidation sites excluding steroid dienone is 10. The molecule has 0 aliphatic rings. The first kappa shape index (κ1) is 75.1. The van der Waals surface area contributed by atoms with E-state index >= 15 is 0 Å². The van der Waals surface area contributed by atoms with Gasteiger partial charge in [0.25, 0.3) is 0 Å². The lowest BCUT2D eigenvalue weighted by atomic mass is 10.0. The van der Waals surface area contributed by atoms with Gasteiger partial charge in [-0.1, -0.05) is 313 Å². The molecule has 78 heavy (non-hydrogen) atoms. The van der Waals surface area contributed by atoms with Crippen molar-refractivity contribution < 1.29 is 28.6 Å². The van der Waals surface area contributed by atoms with Gasteiger partial charge in [-0.25, -0.2) is 0 Å². The highest BCUT2D eigenvalue weighted by Crippen LogP contribution is 2.17. The molecule has 6 nitrogen and oxygen atoms in total. The first-order chi connectivity index (χ1) is 38.5. The molecular weight excluding hydrogens is 961 g/mol. The minimum atomic E-state index is -0.777. The number of hydrogen-bond donors (Lipinski definition) is 0. The van der Waals surface area contributed by atoms with Crippen LogP contribution in [-0.2, 0) is 28.6 Å². The molecule has 1 atom stereocenters. The summed E-state index contributed by atoms with van der Waals surface area (Å²) >= 11 is 0. The Balaban J connectivity index is 4.23. The smallest absolute Gasteiger partial charge is 0.306 e. The van der Waals surface area contributed by atoms with Crippen LogP contribution >= 0.6 is 0 Å². The second-order valence-electron chi connectivity index (χ2n) is 23.1. The average Bonchev–Trinajstić information content (AvgIpc) is 3.44. The van der Waals surface area contributed by atoms with E-state index in [1.165, 1.54) is 238 Å². The molecule has 454 valence electrons. The van der Waals surface area contributed by atoms with Crippen molar-refractivity contribution in [2.45, 2.75) is 367 Å². The molecule has 0 rings (SSSR count). The maximum Gasteiger partial charge on any atom is 0.306 e. The summed E-state index contributed by atoms with van der Waals surface area (Å²) in [6.07, 6.45) is 85.2. The maximum atomic E-state index is 12.9. The summed E-state index contributed by atoms with van der Waals surface area (Å²) in [6.45, 7) is 6.65. The van der Waals surface area contributed by atoms with Gasteiger partial charge in [0.2, 0.25) is 0 Å². The second-order valence-corrected chi connectivity index (χ2v) is 23.1. The largest absolute Gasteiger partial charge is 0.462 e. The molecule has 0 saturated carbocycles. The molecule has 0 aromatic carbocycles. The molecule has 0 aromatic rings. The van der Waals surface area contributed by atoms with Crippen LogP contribution in [0.25, 0.3) is 0 Å². The molecule has 0 aliphatic heterocycles. The standard InChI is InChI=1S/C72H130O6/c1-4-7-10-13-16-19-22-25-28-30-31-32-33-34-35-36-37-38-39-40-41-43-44-47-50-53-56-59-62-65-71(74)77-68-69(67-76-70(73)64-61-58-55-52-49-46-27-24-21-18-15-12-9-6-3)78-72(75)66-63-60-57-54-51-48-45-42-29-26-23-20-17-14-11-8-5-2/h17,20,22,25-26,29-31,33-34,69H,4-16,18-19,21,23-24,27-28,32,35-68H2,1-3H3/b20-17-,25-22-,29-26-,31-30-,34-33-. The van der Waals surface area contributed by atoms with Crippen LogP contribution in [0.2, 0.25) is 0 Å². The number of ether oxygens (including phenoxy) is 3. The fourth-order valence-corrected chi connectivity index (χ4v) is 10.1. The Kier molecular flexibility index (Phi) is 64.2. The fraction of sp³-hybridized carbons (Fsp3) is 0.819. The Morgan fingerprint density at radius 2 is 0.462 bits per heavy atom. The van der Waals surface area contributed by atoms with E-state index in [9.17, 15) is 14.4 Å². The molecule has 0 aliphatic carbocycles. The van der Waals surface area contributed by atoms with Crippen molar-refractivity contribution in [2.75, 3.05) is 13.2 Å². The van der Waals surface area contributed by atoms with Gasteiger partial charge in [-0.3, -0.25) is 14.4 Å². The molecule has 0 radical (unpaired) electrons. The summed E-state index contributed by atoms with van der Waals surface area (Å²) in [5, 5.41) is 0. The SMILES string of the molecule is CCCCC/C=C\C/C=C\CCCCCCCCCC(=O)OC(COC(=O)CCCCCCCCCCCCCCCC)COC(=O)CCCCCCCCCCCCCCCC/C=C\C/C=C\C/C=C\CCCCCCC. The molecule has 0 spiro atoms. The first-order valence-corrected chi connectivity index (χ1v) is 34.3. The first-order valence-electron chi connectivity index (χ1n) is 34.3. The van der Waals surface area contributed by atoms with E-state index in [-0.39, 0.29) is 31.1 Å². The summed E-state index contributed by atoms with van der Waals surface area (Å²) in [5.41, 5.74) is 0. The van der Waals surface area contributed by atoms with Crippen molar-refractivity contribution in [3.63, 3.8) is 0 Å². The number of carbonyl (C=O) groups is 3. The van der Waals surface area contributed by atoms with E-state index in [1.807, 2.05) is 0 Å². The molecule has 0 fully saturated rings. The Morgan fingerprint density at radius 1 is 0.256 bits per heavy atom. The van der Waals surface area contributed by atoms with Gasteiger partial charge in [-0.15, -0.1) is 0 Å². The molecular formula is C72H130O6. The molecule has 0 aromatic heterocycles. The number of rotatable bonds is 63. The van der Waals surface area contributed by atoms with E-state index in [2.05, 4.69) is 81.5 Å². The van der Waals surface area contributed by atoms with Gasteiger partial charge in [0.1, 0.15) is 13.2 Å². The summed E-state index contributed by atoms with van der Waals surface area (Å²) in [7, 11) is 0. The number of carbonyl (C=O) groups excluding carboxylic acids is 3. The minimum absolute atomic E-state index is 0.0732. The zero-order valence-electron chi connectivity index (χ0n) is 52.2. The van der Waals surface area contributed by atoms with Crippen LogP contribution in [0.4, 0.5) is 0 Å². The van der Waals surface area contributed by atoms with Gasteiger partial charge in [0.05, 0.1) is 0 Å². The third kappa shape index (κ3) is 63.9. The highest BCUT2D eigenvalue weighted by Gasteiger charge is 2.19.